The fourth-order valence-corrected chi connectivity index (χ4v) is 3.00. The second-order valence-corrected chi connectivity index (χ2v) is 7.29. The van der Waals surface area contributed by atoms with Crippen molar-refractivity contribution in [3.63, 3.8) is 0 Å². The minimum atomic E-state index is -0.311. The third-order valence-corrected chi connectivity index (χ3v) is 4.47. The number of nitrogen functional groups attached to an aromatic ring is 1. The zero-order valence-corrected chi connectivity index (χ0v) is 14.5. The molecule has 1 aromatic carbocycles. The Morgan fingerprint density at radius 1 is 1.33 bits per heavy atom. The van der Waals surface area contributed by atoms with Crippen molar-refractivity contribution in [1.82, 2.24) is 9.55 Å². The number of fused-ring (bicyclic) bond motifs is 1. The van der Waals surface area contributed by atoms with Crippen molar-refractivity contribution in [3.05, 3.63) is 22.4 Å². The van der Waals surface area contributed by atoms with Gasteiger partial charge in [-0.1, -0.05) is 40.0 Å². The molecule has 2 N–H and O–H groups in total. The van der Waals surface area contributed by atoms with E-state index >= 15 is 0 Å². The molecule has 21 heavy (non-hydrogen) atoms. The first kappa shape index (κ1) is 16.3. The second-order valence-electron chi connectivity index (χ2n) is 6.43. The van der Waals surface area contributed by atoms with Crippen molar-refractivity contribution in [2.45, 2.75) is 53.0 Å². The molecule has 0 amide bonds. The summed E-state index contributed by atoms with van der Waals surface area (Å²) < 4.78 is 16.0. The molecule has 0 aliphatic carbocycles. The monoisotopic (exact) mass is 355 g/mol. The number of aromatic nitrogens is 2. The van der Waals surface area contributed by atoms with Gasteiger partial charge in [0.25, 0.3) is 0 Å². The molecule has 0 unspecified atom stereocenters. The summed E-state index contributed by atoms with van der Waals surface area (Å²) in [7, 11) is 0. The van der Waals surface area contributed by atoms with Crippen molar-refractivity contribution in [3.8, 4) is 0 Å². The van der Waals surface area contributed by atoms with E-state index in [4.69, 9.17) is 5.73 Å². The van der Waals surface area contributed by atoms with Crippen LogP contribution < -0.4 is 5.73 Å². The number of rotatable bonds is 6. The van der Waals surface area contributed by atoms with Crippen molar-refractivity contribution >= 4 is 32.9 Å². The largest absolute Gasteiger partial charge is 0.369 e. The maximum atomic E-state index is 13.6. The molecule has 0 aliphatic rings. The number of nitrogens with zero attached hydrogens (tertiary/aromatic N) is 2. The number of halogens is 2. The van der Waals surface area contributed by atoms with E-state index in [2.05, 4.69) is 41.7 Å². The van der Waals surface area contributed by atoms with Gasteiger partial charge in [-0.25, -0.2) is 9.37 Å². The van der Waals surface area contributed by atoms with Gasteiger partial charge in [-0.2, -0.15) is 0 Å². The molecule has 0 saturated carbocycles. The minimum Gasteiger partial charge on any atom is -0.369 e. The highest BCUT2D eigenvalue weighted by molar-refractivity contribution is 9.10. The van der Waals surface area contributed by atoms with E-state index in [1.165, 1.54) is 25.3 Å². The zero-order chi connectivity index (χ0) is 15.6. The Bertz CT molecular complexity index is 634. The van der Waals surface area contributed by atoms with E-state index in [1.54, 1.807) is 6.07 Å². The van der Waals surface area contributed by atoms with Gasteiger partial charge in [0, 0.05) is 12.6 Å². The Morgan fingerprint density at radius 3 is 2.71 bits per heavy atom. The molecule has 2 aromatic rings. The molecular weight excluding hydrogens is 333 g/mol. The number of anilines is 1. The maximum Gasteiger partial charge on any atom is 0.201 e. The maximum absolute atomic E-state index is 13.6. The molecule has 116 valence electrons. The van der Waals surface area contributed by atoms with Crippen LogP contribution in [0.25, 0.3) is 11.0 Å². The summed E-state index contributed by atoms with van der Waals surface area (Å²) in [5, 5.41) is 0. The van der Waals surface area contributed by atoms with Gasteiger partial charge >= 0.3 is 0 Å². The first-order valence-electron chi connectivity index (χ1n) is 7.45. The van der Waals surface area contributed by atoms with Crippen LogP contribution in [0, 0.1) is 11.2 Å². The van der Waals surface area contributed by atoms with Crippen LogP contribution in [0.2, 0.25) is 0 Å². The third kappa shape index (κ3) is 3.76. The van der Waals surface area contributed by atoms with Crippen LogP contribution in [0.5, 0.6) is 0 Å². The number of hydrogen-bond donors (Lipinski definition) is 1. The highest BCUT2D eigenvalue weighted by atomic mass is 79.9. The van der Waals surface area contributed by atoms with Crippen molar-refractivity contribution in [2.75, 3.05) is 5.73 Å². The predicted molar refractivity (Wildman–Crippen MR) is 89.7 cm³/mol. The average molecular weight is 356 g/mol. The van der Waals surface area contributed by atoms with Crippen LogP contribution in [0.4, 0.5) is 10.3 Å². The second kappa shape index (κ2) is 6.34. The summed E-state index contributed by atoms with van der Waals surface area (Å²) in [4.78, 5) is 4.28. The highest BCUT2D eigenvalue weighted by Crippen LogP contribution is 2.31. The highest BCUT2D eigenvalue weighted by Gasteiger charge is 2.21. The third-order valence-electron chi connectivity index (χ3n) is 3.86. The lowest BCUT2D eigenvalue weighted by atomic mass is 9.86. The van der Waals surface area contributed by atoms with Crippen LogP contribution in [-0.4, -0.2) is 9.55 Å². The average Bonchev–Trinajstić information content (AvgIpc) is 2.66. The molecule has 0 spiro atoms. The van der Waals surface area contributed by atoms with Gasteiger partial charge in [-0.15, -0.1) is 0 Å². The lowest BCUT2D eigenvalue weighted by Gasteiger charge is -2.26. The van der Waals surface area contributed by atoms with E-state index in [1.807, 2.05) is 4.57 Å². The van der Waals surface area contributed by atoms with Crippen LogP contribution in [0.15, 0.2) is 16.6 Å². The molecule has 0 atom stereocenters. The van der Waals surface area contributed by atoms with Crippen molar-refractivity contribution in [2.24, 2.45) is 5.41 Å². The normalized spacial score (nSPS) is 12.2. The molecular formula is C16H23BrFN3. The van der Waals surface area contributed by atoms with E-state index in [0.29, 0.717) is 15.9 Å². The first-order valence-corrected chi connectivity index (χ1v) is 8.24. The fourth-order valence-electron chi connectivity index (χ4n) is 2.67. The van der Waals surface area contributed by atoms with E-state index < -0.39 is 0 Å². The smallest absolute Gasteiger partial charge is 0.201 e. The minimum absolute atomic E-state index is 0.137. The summed E-state index contributed by atoms with van der Waals surface area (Å²) in [6.45, 7) is 7.48. The summed E-state index contributed by atoms with van der Waals surface area (Å²) in [6, 6.07) is 3.19. The van der Waals surface area contributed by atoms with Crippen molar-refractivity contribution < 1.29 is 4.39 Å². The number of imidazole rings is 1. The first-order chi connectivity index (χ1) is 9.84. The SMILES string of the molecule is CCCCCC(C)(C)Cn1c(N)nc2cc(F)c(Br)cc21. The standard InChI is InChI=1S/C16H23BrFN3/c1-4-5-6-7-16(2,3)10-21-14-8-11(17)12(18)9-13(14)20-15(21)19/h8-9H,4-7,10H2,1-3H3,(H2,19,20). The number of hydrogen-bond acceptors (Lipinski definition) is 2. The lowest BCUT2D eigenvalue weighted by Crippen LogP contribution is -2.20. The molecule has 2 rings (SSSR count). The van der Waals surface area contributed by atoms with Gasteiger partial charge in [0.1, 0.15) is 5.82 Å². The van der Waals surface area contributed by atoms with Crippen molar-refractivity contribution in [1.29, 1.82) is 0 Å². The summed E-state index contributed by atoms with van der Waals surface area (Å²) in [5.41, 5.74) is 7.65. The Kier molecular flexibility index (Phi) is 4.91. The predicted octanol–water partition coefficient (Wildman–Crippen LogP) is 5.13. The fraction of sp³-hybridized carbons (Fsp3) is 0.562. The summed E-state index contributed by atoms with van der Waals surface area (Å²) in [5.74, 6) is 0.139. The van der Waals surface area contributed by atoms with Gasteiger partial charge in [0.05, 0.1) is 15.5 Å². The molecule has 0 saturated heterocycles. The molecule has 0 radical (unpaired) electrons. The molecule has 0 fully saturated rings. The van der Waals surface area contributed by atoms with Crippen LogP contribution >= 0.6 is 15.9 Å². The van der Waals surface area contributed by atoms with E-state index in [9.17, 15) is 4.39 Å². The summed E-state index contributed by atoms with van der Waals surface area (Å²) >= 11 is 3.23. The molecule has 3 nitrogen and oxygen atoms in total. The van der Waals surface area contributed by atoms with Crippen LogP contribution in [0.1, 0.15) is 46.5 Å². The summed E-state index contributed by atoms with van der Waals surface area (Å²) in [6.07, 6.45) is 4.83. The Labute approximate surface area is 133 Å². The van der Waals surface area contributed by atoms with Gasteiger partial charge in [-0.3, -0.25) is 0 Å². The van der Waals surface area contributed by atoms with Gasteiger partial charge in [0.15, 0.2) is 0 Å². The number of nitrogens with two attached hydrogens (primary N) is 1. The van der Waals surface area contributed by atoms with E-state index in [-0.39, 0.29) is 11.2 Å². The molecule has 0 aliphatic heterocycles. The number of benzene rings is 1. The van der Waals surface area contributed by atoms with E-state index in [0.717, 1.165) is 18.5 Å². The van der Waals surface area contributed by atoms with Gasteiger partial charge < -0.3 is 10.3 Å². The van der Waals surface area contributed by atoms with Crippen LogP contribution in [0.3, 0.4) is 0 Å². The Balaban J connectivity index is 2.29. The van der Waals surface area contributed by atoms with Gasteiger partial charge in [0.2, 0.25) is 5.95 Å². The van der Waals surface area contributed by atoms with Gasteiger partial charge in [-0.05, 0) is 33.8 Å². The Hall–Kier alpha value is -1.10. The molecule has 1 aromatic heterocycles. The quantitative estimate of drug-likeness (QED) is 0.730. The molecule has 1 heterocycles. The Morgan fingerprint density at radius 2 is 2.05 bits per heavy atom. The lowest BCUT2D eigenvalue weighted by molar-refractivity contribution is 0.276. The molecule has 0 bridgehead atoms. The van der Waals surface area contributed by atoms with Crippen LogP contribution in [-0.2, 0) is 6.54 Å². The molecule has 5 heteroatoms. The topological polar surface area (TPSA) is 43.8 Å². The zero-order valence-electron chi connectivity index (χ0n) is 12.9. The number of unbranched alkanes of at least 4 members (excludes halogenated alkanes) is 2.